The van der Waals surface area contributed by atoms with Crippen LogP contribution in [0.25, 0.3) is 0 Å². The largest absolute Gasteiger partial charge is 0.312 e. The molecule has 1 heterocycles. The van der Waals surface area contributed by atoms with Gasteiger partial charge in [0.15, 0.2) is 0 Å². The molecule has 1 atom stereocenters. The minimum absolute atomic E-state index is 0.612. The fraction of sp³-hybridized carbons (Fsp3) is 0.444. The Morgan fingerprint density at radius 1 is 1.70 bits per heavy atom. The number of hydrogen-bond acceptors (Lipinski definition) is 1. The molecule has 1 N–H and O–H groups in total. The first-order chi connectivity index (χ1) is 4.90. The lowest BCUT2D eigenvalue weighted by Crippen LogP contribution is -2.24. The monoisotopic (exact) mass is 133 g/mol. The second-order valence-corrected chi connectivity index (χ2v) is 2.94. The second kappa shape index (κ2) is 2.12. The van der Waals surface area contributed by atoms with E-state index >= 15 is 0 Å². The van der Waals surface area contributed by atoms with Crippen molar-refractivity contribution in [3.05, 3.63) is 29.5 Å². The molecular formula is C9H11N. The van der Waals surface area contributed by atoms with Crippen molar-refractivity contribution in [2.75, 3.05) is 13.1 Å². The highest BCUT2D eigenvalue weighted by molar-refractivity contribution is 5.32. The lowest BCUT2D eigenvalue weighted by atomic mass is 10.0. The van der Waals surface area contributed by atoms with E-state index in [2.05, 4.69) is 23.7 Å². The van der Waals surface area contributed by atoms with Gasteiger partial charge in [0.05, 0.1) is 0 Å². The number of fused-ring (bicyclic) bond motifs is 1. The molecule has 1 aliphatic heterocycles. The fourth-order valence-corrected chi connectivity index (χ4v) is 1.71. The summed E-state index contributed by atoms with van der Waals surface area (Å²) in [5.74, 6) is 0.612. The van der Waals surface area contributed by atoms with Crippen LogP contribution < -0.4 is 5.32 Å². The molecule has 0 fully saturated rings. The van der Waals surface area contributed by atoms with Crippen LogP contribution in [0.1, 0.15) is 6.42 Å². The standard InChI is InChI=1S/C9H11N/c1-2-8-3-7-4-9(8)6-10-5-7/h4,9-10H,1,3,5-6H2/t9-/m0/s1. The molecule has 1 heteroatoms. The zero-order valence-corrected chi connectivity index (χ0v) is 5.98. The Kier molecular flexibility index (Phi) is 1.26. The first kappa shape index (κ1) is 5.96. The highest BCUT2D eigenvalue weighted by atomic mass is 14.9. The molecule has 0 unspecified atom stereocenters. The summed E-state index contributed by atoms with van der Waals surface area (Å²) in [6, 6.07) is 0. The summed E-state index contributed by atoms with van der Waals surface area (Å²) in [6.45, 7) is 5.84. The van der Waals surface area contributed by atoms with Crippen LogP contribution in [0.3, 0.4) is 0 Å². The molecule has 0 amide bonds. The molecule has 2 bridgehead atoms. The highest BCUT2D eigenvalue weighted by Crippen LogP contribution is 2.30. The van der Waals surface area contributed by atoms with Gasteiger partial charge in [-0.05, 0) is 12.0 Å². The smallest absolute Gasteiger partial charge is 0.0184 e. The van der Waals surface area contributed by atoms with E-state index in [0.29, 0.717) is 5.92 Å². The summed E-state index contributed by atoms with van der Waals surface area (Å²) in [7, 11) is 0. The van der Waals surface area contributed by atoms with E-state index in [1.165, 1.54) is 11.1 Å². The Balaban J connectivity index is 2.33. The van der Waals surface area contributed by atoms with Crippen LogP contribution >= 0.6 is 0 Å². The maximum absolute atomic E-state index is 3.68. The Morgan fingerprint density at radius 3 is 3.30 bits per heavy atom. The summed E-state index contributed by atoms with van der Waals surface area (Å²) in [5, 5.41) is 3.35. The van der Waals surface area contributed by atoms with Crippen LogP contribution in [-0.4, -0.2) is 13.1 Å². The zero-order chi connectivity index (χ0) is 6.97. The summed E-state index contributed by atoms with van der Waals surface area (Å²) < 4.78 is 0. The van der Waals surface area contributed by atoms with Crippen LogP contribution in [0, 0.1) is 5.92 Å². The summed E-state index contributed by atoms with van der Waals surface area (Å²) in [6.07, 6.45) is 3.46. The third kappa shape index (κ3) is 0.756. The van der Waals surface area contributed by atoms with Crippen molar-refractivity contribution in [1.29, 1.82) is 0 Å². The molecule has 52 valence electrons. The van der Waals surface area contributed by atoms with Gasteiger partial charge in [0, 0.05) is 19.0 Å². The molecule has 2 rings (SSSR count). The quantitative estimate of drug-likeness (QED) is 0.387. The van der Waals surface area contributed by atoms with Crippen LogP contribution in [0.4, 0.5) is 0 Å². The lowest BCUT2D eigenvalue weighted by molar-refractivity contribution is 0.642. The maximum atomic E-state index is 3.68. The van der Waals surface area contributed by atoms with E-state index in [1.807, 2.05) is 0 Å². The third-order valence-electron chi connectivity index (χ3n) is 2.25. The van der Waals surface area contributed by atoms with Gasteiger partial charge in [-0.1, -0.05) is 18.2 Å². The third-order valence-corrected chi connectivity index (χ3v) is 2.25. The number of nitrogens with one attached hydrogen (secondary N) is 1. The van der Waals surface area contributed by atoms with Gasteiger partial charge in [-0.3, -0.25) is 0 Å². The second-order valence-electron chi connectivity index (χ2n) is 2.94. The maximum Gasteiger partial charge on any atom is 0.0184 e. The molecular weight excluding hydrogens is 122 g/mol. The van der Waals surface area contributed by atoms with Crippen molar-refractivity contribution in [1.82, 2.24) is 5.32 Å². The minimum atomic E-state index is 0.612. The van der Waals surface area contributed by atoms with E-state index < -0.39 is 0 Å². The van der Waals surface area contributed by atoms with E-state index in [9.17, 15) is 0 Å². The highest BCUT2D eigenvalue weighted by Gasteiger charge is 2.23. The van der Waals surface area contributed by atoms with E-state index in [4.69, 9.17) is 0 Å². The number of hydrogen-bond donors (Lipinski definition) is 1. The van der Waals surface area contributed by atoms with Gasteiger partial charge < -0.3 is 5.32 Å². The Hall–Kier alpha value is -0.780. The normalized spacial score (nSPS) is 29.8. The van der Waals surface area contributed by atoms with Gasteiger partial charge in [-0.2, -0.15) is 0 Å². The average Bonchev–Trinajstić information content (AvgIpc) is 2.26. The van der Waals surface area contributed by atoms with E-state index in [-0.39, 0.29) is 0 Å². The molecule has 1 aliphatic carbocycles. The zero-order valence-electron chi connectivity index (χ0n) is 5.98. The van der Waals surface area contributed by atoms with Crippen LogP contribution in [0.5, 0.6) is 0 Å². The first-order valence-corrected chi connectivity index (χ1v) is 3.69. The number of rotatable bonds is 0. The molecule has 2 aliphatic rings. The van der Waals surface area contributed by atoms with Crippen molar-refractivity contribution < 1.29 is 0 Å². The van der Waals surface area contributed by atoms with Crippen LogP contribution in [-0.2, 0) is 0 Å². The van der Waals surface area contributed by atoms with Crippen molar-refractivity contribution in [3.63, 3.8) is 0 Å². The van der Waals surface area contributed by atoms with Crippen molar-refractivity contribution in [3.8, 4) is 0 Å². The van der Waals surface area contributed by atoms with Gasteiger partial charge >= 0.3 is 0 Å². The molecule has 10 heavy (non-hydrogen) atoms. The van der Waals surface area contributed by atoms with Gasteiger partial charge in [0.1, 0.15) is 0 Å². The topological polar surface area (TPSA) is 12.0 Å². The van der Waals surface area contributed by atoms with Gasteiger partial charge in [-0.15, -0.1) is 5.73 Å². The van der Waals surface area contributed by atoms with Crippen molar-refractivity contribution in [2.45, 2.75) is 6.42 Å². The molecule has 0 saturated heterocycles. The molecule has 0 spiro atoms. The minimum Gasteiger partial charge on any atom is -0.312 e. The fourth-order valence-electron chi connectivity index (χ4n) is 1.71. The van der Waals surface area contributed by atoms with Crippen LogP contribution in [0.2, 0.25) is 0 Å². The summed E-state index contributed by atoms with van der Waals surface area (Å²) >= 11 is 0. The molecule has 0 aromatic heterocycles. The van der Waals surface area contributed by atoms with E-state index in [0.717, 1.165) is 19.5 Å². The predicted molar refractivity (Wildman–Crippen MR) is 41.7 cm³/mol. The van der Waals surface area contributed by atoms with Gasteiger partial charge in [-0.25, -0.2) is 0 Å². The van der Waals surface area contributed by atoms with Gasteiger partial charge in [0.25, 0.3) is 0 Å². The van der Waals surface area contributed by atoms with E-state index in [1.54, 1.807) is 0 Å². The van der Waals surface area contributed by atoms with Crippen molar-refractivity contribution >= 4 is 0 Å². The molecule has 0 saturated carbocycles. The first-order valence-electron chi connectivity index (χ1n) is 3.69. The SMILES string of the molecule is C=C=C1CC2=C[C@H]1CNC2. The summed E-state index contributed by atoms with van der Waals surface area (Å²) in [4.78, 5) is 0. The Bertz CT molecular complexity index is 231. The predicted octanol–water partition coefficient (Wildman–Crippen LogP) is 1.25. The molecule has 1 nitrogen and oxygen atoms in total. The van der Waals surface area contributed by atoms with Gasteiger partial charge in [0.2, 0.25) is 0 Å². The molecule has 0 aromatic carbocycles. The lowest BCUT2D eigenvalue weighted by Gasteiger charge is -2.11. The average molecular weight is 133 g/mol. The van der Waals surface area contributed by atoms with Crippen molar-refractivity contribution in [2.24, 2.45) is 5.92 Å². The Labute approximate surface area is 61.1 Å². The summed E-state index contributed by atoms with van der Waals surface area (Å²) in [5.41, 5.74) is 5.90. The molecule has 0 radical (unpaired) electrons. The molecule has 0 aromatic rings. The Morgan fingerprint density at radius 2 is 2.60 bits per heavy atom. The van der Waals surface area contributed by atoms with Crippen LogP contribution in [0.15, 0.2) is 29.5 Å².